The first-order chi connectivity index (χ1) is 16.8. The van der Waals surface area contributed by atoms with Crippen LogP contribution in [0.5, 0.6) is 11.5 Å². The van der Waals surface area contributed by atoms with E-state index in [1.807, 2.05) is 47.0 Å². The van der Waals surface area contributed by atoms with E-state index in [1.54, 1.807) is 10.9 Å². The van der Waals surface area contributed by atoms with E-state index in [0.717, 1.165) is 36.2 Å². The van der Waals surface area contributed by atoms with Crippen molar-refractivity contribution in [3.05, 3.63) is 59.1 Å². The van der Waals surface area contributed by atoms with E-state index in [9.17, 15) is 4.79 Å². The number of ether oxygens (including phenoxy) is 3. The minimum Gasteiger partial charge on any atom is -0.486 e. The molecule has 3 aromatic heterocycles. The zero-order valence-electron chi connectivity index (χ0n) is 18.3. The van der Waals surface area contributed by atoms with Crippen molar-refractivity contribution in [2.45, 2.75) is 25.5 Å². The number of fused-ring (bicyclic) bond motifs is 5. The molecule has 170 valence electrons. The predicted molar refractivity (Wildman–Crippen MR) is 126 cm³/mol. The fourth-order valence-corrected chi connectivity index (χ4v) is 4.83. The smallest absolute Gasteiger partial charge is 0.265 e. The molecule has 0 spiro atoms. The molecule has 5 aromatic rings. The van der Waals surface area contributed by atoms with Gasteiger partial charge in [0.05, 0.1) is 29.4 Å². The molecule has 2 aromatic carbocycles. The number of nitrogens with zero attached hydrogens (tertiary/aromatic N) is 5. The van der Waals surface area contributed by atoms with Gasteiger partial charge >= 0.3 is 0 Å². The van der Waals surface area contributed by atoms with Gasteiger partial charge in [-0.05, 0) is 37.1 Å². The van der Waals surface area contributed by atoms with Crippen molar-refractivity contribution in [3.8, 4) is 17.2 Å². The van der Waals surface area contributed by atoms with Crippen LogP contribution in [0.4, 0.5) is 0 Å². The normalized spacial score (nSPS) is 17.7. The summed E-state index contributed by atoms with van der Waals surface area (Å²) in [6.07, 6.45) is 3.57. The van der Waals surface area contributed by atoms with E-state index in [-0.39, 0.29) is 11.7 Å². The Balaban J connectivity index is 1.52. The van der Waals surface area contributed by atoms with Gasteiger partial charge in [0.1, 0.15) is 30.4 Å². The second-order valence-corrected chi connectivity index (χ2v) is 8.58. The highest BCUT2D eigenvalue weighted by atomic mass is 16.6. The Labute approximate surface area is 193 Å². The van der Waals surface area contributed by atoms with Crippen LogP contribution in [0.15, 0.2) is 53.6 Å². The molecule has 34 heavy (non-hydrogen) atoms. The Morgan fingerprint density at radius 1 is 0.941 bits per heavy atom. The Morgan fingerprint density at radius 2 is 1.76 bits per heavy atom. The van der Waals surface area contributed by atoms with Crippen LogP contribution in [-0.2, 0) is 11.3 Å². The second kappa shape index (κ2) is 7.53. The summed E-state index contributed by atoms with van der Waals surface area (Å²) in [6.45, 7) is 2.21. The molecule has 5 heterocycles. The molecule has 1 fully saturated rings. The quantitative estimate of drug-likeness (QED) is 0.412. The fraction of sp³-hybridized carbons (Fsp3) is 0.280. The summed E-state index contributed by atoms with van der Waals surface area (Å²) in [5, 5.41) is 0.448. The fourth-order valence-electron chi connectivity index (χ4n) is 4.83. The molecule has 0 bridgehead atoms. The SMILES string of the molecule is O=c1c2c3nc4ccccc4nc3n(-c3ccc4c(c3)OCCO4)c2ncn1CC1CCCO1. The number of hydrogen-bond acceptors (Lipinski definition) is 7. The molecular formula is C25H21N5O4. The third-order valence-electron chi connectivity index (χ3n) is 6.44. The van der Waals surface area contributed by atoms with Crippen LogP contribution in [-0.4, -0.2) is 50.0 Å². The molecule has 2 aliphatic rings. The van der Waals surface area contributed by atoms with Crippen molar-refractivity contribution in [3.63, 3.8) is 0 Å². The van der Waals surface area contributed by atoms with Crippen molar-refractivity contribution < 1.29 is 14.2 Å². The highest BCUT2D eigenvalue weighted by Gasteiger charge is 2.24. The molecular weight excluding hydrogens is 434 g/mol. The number of rotatable bonds is 3. The van der Waals surface area contributed by atoms with Crippen molar-refractivity contribution in [1.29, 1.82) is 0 Å². The zero-order valence-corrected chi connectivity index (χ0v) is 18.3. The maximum Gasteiger partial charge on any atom is 0.265 e. The maximum atomic E-state index is 13.7. The van der Waals surface area contributed by atoms with E-state index in [2.05, 4.69) is 0 Å². The zero-order chi connectivity index (χ0) is 22.6. The third-order valence-corrected chi connectivity index (χ3v) is 6.44. The van der Waals surface area contributed by atoms with Gasteiger partial charge in [0.2, 0.25) is 0 Å². The Kier molecular flexibility index (Phi) is 4.31. The summed E-state index contributed by atoms with van der Waals surface area (Å²) >= 11 is 0. The van der Waals surface area contributed by atoms with Crippen LogP contribution >= 0.6 is 0 Å². The summed E-state index contributed by atoms with van der Waals surface area (Å²) in [6, 6.07) is 13.3. The van der Waals surface area contributed by atoms with Gasteiger partial charge in [-0.2, -0.15) is 0 Å². The lowest BCUT2D eigenvalue weighted by Gasteiger charge is -2.19. The van der Waals surface area contributed by atoms with E-state index in [0.29, 0.717) is 53.5 Å². The largest absolute Gasteiger partial charge is 0.486 e. The van der Waals surface area contributed by atoms with Crippen molar-refractivity contribution >= 4 is 33.2 Å². The number of aromatic nitrogens is 5. The monoisotopic (exact) mass is 455 g/mol. The minimum atomic E-state index is -0.147. The van der Waals surface area contributed by atoms with Crippen LogP contribution in [0, 0.1) is 0 Å². The standard InChI is InChI=1S/C25H21N5O4/c31-25-21-22-24(28-18-6-2-1-5-17(18)27-22)30(15-7-8-19-20(12-15)34-11-10-33-19)23(21)26-14-29(25)13-16-4-3-9-32-16/h1-2,5-8,12,14,16H,3-4,9-11,13H2. The average molecular weight is 455 g/mol. The molecule has 9 heteroatoms. The first kappa shape index (κ1) is 19.5. The Morgan fingerprint density at radius 3 is 2.59 bits per heavy atom. The molecule has 0 saturated carbocycles. The van der Waals surface area contributed by atoms with Crippen molar-refractivity contribution in [2.24, 2.45) is 0 Å². The summed E-state index contributed by atoms with van der Waals surface area (Å²) in [5.74, 6) is 1.35. The minimum absolute atomic E-state index is 0.0232. The summed E-state index contributed by atoms with van der Waals surface area (Å²) in [7, 11) is 0. The third kappa shape index (κ3) is 2.97. The number of benzene rings is 2. The summed E-state index contributed by atoms with van der Waals surface area (Å²) in [4.78, 5) is 28.1. The lowest BCUT2D eigenvalue weighted by atomic mass is 10.2. The second-order valence-electron chi connectivity index (χ2n) is 8.58. The van der Waals surface area contributed by atoms with Crippen LogP contribution in [0.3, 0.4) is 0 Å². The average Bonchev–Trinajstić information content (AvgIpc) is 3.50. The van der Waals surface area contributed by atoms with Gasteiger partial charge in [-0.15, -0.1) is 0 Å². The molecule has 1 saturated heterocycles. The number of hydrogen-bond donors (Lipinski definition) is 0. The van der Waals surface area contributed by atoms with Gasteiger partial charge in [0, 0.05) is 12.7 Å². The predicted octanol–water partition coefficient (Wildman–Crippen LogP) is 3.23. The topological polar surface area (TPSA) is 93.3 Å². The lowest BCUT2D eigenvalue weighted by Crippen LogP contribution is -2.26. The van der Waals surface area contributed by atoms with Gasteiger partial charge in [0.15, 0.2) is 22.8 Å². The highest BCUT2D eigenvalue weighted by Crippen LogP contribution is 2.35. The van der Waals surface area contributed by atoms with Gasteiger partial charge in [-0.25, -0.2) is 15.0 Å². The molecule has 9 nitrogen and oxygen atoms in total. The van der Waals surface area contributed by atoms with E-state index in [4.69, 9.17) is 29.2 Å². The van der Waals surface area contributed by atoms with Gasteiger partial charge in [-0.1, -0.05) is 12.1 Å². The van der Waals surface area contributed by atoms with Crippen LogP contribution in [0.2, 0.25) is 0 Å². The molecule has 0 radical (unpaired) electrons. The molecule has 0 amide bonds. The summed E-state index contributed by atoms with van der Waals surface area (Å²) < 4.78 is 20.7. The molecule has 1 atom stereocenters. The summed E-state index contributed by atoms with van der Waals surface area (Å²) in [5.41, 5.74) is 3.72. The van der Waals surface area contributed by atoms with Gasteiger partial charge in [0.25, 0.3) is 5.56 Å². The molecule has 1 unspecified atom stereocenters. The Hall–Kier alpha value is -3.98. The van der Waals surface area contributed by atoms with E-state index >= 15 is 0 Å². The van der Waals surface area contributed by atoms with Crippen LogP contribution in [0.1, 0.15) is 12.8 Å². The highest BCUT2D eigenvalue weighted by molar-refractivity contribution is 6.05. The first-order valence-electron chi connectivity index (χ1n) is 11.4. The number of para-hydroxylation sites is 2. The van der Waals surface area contributed by atoms with Gasteiger partial charge in [-0.3, -0.25) is 13.9 Å². The molecule has 0 aliphatic carbocycles. The first-order valence-corrected chi connectivity index (χ1v) is 11.4. The molecule has 0 N–H and O–H groups in total. The molecule has 7 rings (SSSR count). The van der Waals surface area contributed by atoms with Crippen LogP contribution in [0.25, 0.3) is 38.9 Å². The Bertz CT molecular complexity index is 1630. The lowest BCUT2D eigenvalue weighted by molar-refractivity contribution is 0.0960. The van der Waals surface area contributed by atoms with Gasteiger partial charge < -0.3 is 14.2 Å². The van der Waals surface area contributed by atoms with E-state index < -0.39 is 0 Å². The van der Waals surface area contributed by atoms with Crippen LogP contribution < -0.4 is 15.0 Å². The molecule has 2 aliphatic heterocycles. The van der Waals surface area contributed by atoms with E-state index in [1.165, 1.54) is 0 Å². The van der Waals surface area contributed by atoms with Crippen molar-refractivity contribution in [1.82, 2.24) is 24.1 Å². The van der Waals surface area contributed by atoms with Crippen molar-refractivity contribution in [2.75, 3.05) is 19.8 Å². The maximum absolute atomic E-state index is 13.7.